The molecule has 3 fully saturated rings. The van der Waals surface area contributed by atoms with E-state index in [1.807, 2.05) is 0 Å². The van der Waals surface area contributed by atoms with E-state index >= 15 is 0 Å². The van der Waals surface area contributed by atoms with E-state index in [0.717, 1.165) is 25.9 Å². The first-order valence-electron chi connectivity index (χ1n) is 11.6. The van der Waals surface area contributed by atoms with Gasteiger partial charge in [-0.3, -0.25) is 4.98 Å². The minimum Gasteiger partial charge on any atom is -0.407 e. The van der Waals surface area contributed by atoms with Crippen LogP contribution in [0.2, 0.25) is 0 Å². The molecule has 8 nitrogen and oxygen atoms in total. The second kappa shape index (κ2) is 7.55. The second-order valence-corrected chi connectivity index (χ2v) is 9.97. The number of piperidine rings is 2. The van der Waals surface area contributed by atoms with E-state index in [0.29, 0.717) is 22.2 Å². The quantitative estimate of drug-likeness (QED) is 0.600. The summed E-state index contributed by atoms with van der Waals surface area (Å²) in [6.07, 6.45) is -1.13. The van der Waals surface area contributed by atoms with Crippen LogP contribution >= 0.6 is 0 Å². The predicted octanol–water partition coefficient (Wildman–Crippen LogP) is 3.71. The third-order valence-electron chi connectivity index (χ3n) is 7.95. The largest absolute Gasteiger partial charge is 0.407 e. The lowest BCUT2D eigenvalue weighted by Gasteiger charge is -2.28. The van der Waals surface area contributed by atoms with Crippen LogP contribution in [0.15, 0.2) is 34.9 Å². The van der Waals surface area contributed by atoms with Gasteiger partial charge >= 0.3 is 12.2 Å². The van der Waals surface area contributed by atoms with Crippen LogP contribution in [0.5, 0.6) is 0 Å². The summed E-state index contributed by atoms with van der Waals surface area (Å²) in [6, 6.07) is 9.25. The zero-order chi connectivity index (χ0) is 24.4. The zero-order valence-corrected chi connectivity index (χ0v) is 19.1. The Labute approximate surface area is 199 Å². The molecular formula is C24H24F3N7O. The van der Waals surface area contributed by atoms with E-state index in [9.17, 15) is 18.4 Å². The molecule has 1 N–H and O–H groups in total. The van der Waals surface area contributed by atoms with Crippen LogP contribution in [-0.4, -0.2) is 65.5 Å². The molecule has 3 aromatic rings. The van der Waals surface area contributed by atoms with Crippen molar-refractivity contribution in [1.29, 1.82) is 5.26 Å². The summed E-state index contributed by atoms with van der Waals surface area (Å²) < 4.78 is 49.2. The Bertz CT molecular complexity index is 1330. The second-order valence-electron chi connectivity index (χ2n) is 9.97. The minimum absolute atomic E-state index is 0.0313. The van der Waals surface area contributed by atoms with Crippen molar-refractivity contribution in [3.63, 3.8) is 0 Å². The average molecular weight is 483 g/mol. The maximum Gasteiger partial charge on any atom is 0.397 e. The number of halogens is 3. The predicted molar refractivity (Wildman–Crippen MR) is 122 cm³/mol. The first-order valence-corrected chi connectivity index (χ1v) is 11.6. The third kappa shape index (κ3) is 3.26. The van der Waals surface area contributed by atoms with Crippen LogP contribution in [0, 0.1) is 16.7 Å². The van der Waals surface area contributed by atoms with Crippen molar-refractivity contribution >= 4 is 22.6 Å². The van der Waals surface area contributed by atoms with Gasteiger partial charge in [-0.25, -0.2) is 0 Å². The molecule has 35 heavy (non-hydrogen) atoms. The van der Waals surface area contributed by atoms with Crippen LogP contribution in [0.25, 0.3) is 10.9 Å². The van der Waals surface area contributed by atoms with Crippen molar-refractivity contribution in [3.8, 4) is 6.07 Å². The molecule has 0 spiro atoms. The van der Waals surface area contributed by atoms with Crippen molar-refractivity contribution in [1.82, 2.24) is 20.1 Å². The summed E-state index contributed by atoms with van der Waals surface area (Å²) in [7, 11) is 2.06. The topological polar surface area (TPSA) is 94.1 Å². The average Bonchev–Trinajstić information content (AvgIpc) is 3.14. The molecule has 1 aliphatic carbocycles. The molecule has 2 aromatic heterocycles. The normalized spacial score (nSPS) is 27.1. The Morgan fingerprint density at radius 1 is 1.17 bits per heavy atom. The van der Waals surface area contributed by atoms with Gasteiger partial charge in [-0.05, 0) is 63.7 Å². The van der Waals surface area contributed by atoms with Crippen LogP contribution in [-0.2, 0) is 5.41 Å². The summed E-state index contributed by atoms with van der Waals surface area (Å²) >= 11 is 0. The van der Waals surface area contributed by atoms with E-state index < -0.39 is 17.0 Å². The van der Waals surface area contributed by atoms with Gasteiger partial charge < -0.3 is 19.5 Å². The molecule has 4 heterocycles. The number of nitriles is 1. The number of hydrogen-bond donors (Lipinski definition) is 1. The Morgan fingerprint density at radius 2 is 1.97 bits per heavy atom. The Balaban J connectivity index is 1.33. The Kier molecular flexibility index (Phi) is 4.77. The van der Waals surface area contributed by atoms with Crippen LogP contribution < -0.4 is 10.2 Å². The fourth-order valence-electron chi connectivity index (χ4n) is 5.90. The fraction of sp³-hybridized carbons (Fsp3) is 0.500. The fourth-order valence-corrected chi connectivity index (χ4v) is 5.90. The van der Waals surface area contributed by atoms with Crippen molar-refractivity contribution in [2.75, 3.05) is 43.4 Å². The highest BCUT2D eigenvalue weighted by atomic mass is 19.4. The Hall–Kier alpha value is -3.39. The molecule has 2 saturated heterocycles. The summed E-state index contributed by atoms with van der Waals surface area (Å²) in [5, 5.41) is 21.4. The SMILES string of the molecule is CN1CCC(Nc2nnc([C@]34CN(c5ccc(C#N)c6ncccc56)C[C@@]3(C(F)(F)F)C4)o2)CC1. The van der Waals surface area contributed by atoms with Gasteiger partial charge in [-0.1, -0.05) is 5.10 Å². The van der Waals surface area contributed by atoms with Crippen molar-refractivity contribution in [3.05, 3.63) is 41.9 Å². The van der Waals surface area contributed by atoms with Gasteiger partial charge in [0.1, 0.15) is 11.5 Å². The molecular weight excluding hydrogens is 459 g/mol. The van der Waals surface area contributed by atoms with Crippen LogP contribution in [0.1, 0.15) is 30.7 Å². The maximum atomic E-state index is 14.5. The number of nitrogens with one attached hydrogen (secondary N) is 1. The number of nitrogens with zero attached hydrogens (tertiary/aromatic N) is 6. The monoisotopic (exact) mass is 483 g/mol. The zero-order valence-electron chi connectivity index (χ0n) is 19.1. The van der Waals surface area contributed by atoms with Crippen molar-refractivity contribution < 1.29 is 17.6 Å². The van der Waals surface area contributed by atoms with Gasteiger partial charge in [0, 0.05) is 36.4 Å². The van der Waals surface area contributed by atoms with E-state index in [4.69, 9.17) is 4.42 Å². The van der Waals surface area contributed by atoms with Gasteiger partial charge in [-0.2, -0.15) is 18.4 Å². The number of aromatic nitrogens is 3. The summed E-state index contributed by atoms with van der Waals surface area (Å²) in [5.74, 6) is 0.0313. The lowest BCUT2D eigenvalue weighted by atomic mass is 9.95. The van der Waals surface area contributed by atoms with Crippen molar-refractivity contribution in [2.45, 2.75) is 36.9 Å². The molecule has 1 saturated carbocycles. The molecule has 0 amide bonds. The van der Waals surface area contributed by atoms with Gasteiger partial charge in [0.05, 0.1) is 16.5 Å². The van der Waals surface area contributed by atoms with E-state index in [1.54, 1.807) is 35.4 Å². The number of pyridine rings is 1. The molecule has 3 aliphatic rings. The van der Waals surface area contributed by atoms with E-state index in [1.165, 1.54) is 0 Å². The molecule has 6 rings (SSSR count). The van der Waals surface area contributed by atoms with Crippen LogP contribution in [0.4, 0.5) is 24.9 Å². The van der Waals surface area contributed by atoms with Crippen molar-refractivity contribution in [2.24, 2.45) is 5.41 Å². The lowest BCUT2D eigenvalue weighted by molar-refractivity contribution is -0.187. The minimum atomic E-state index is -4.43. The third-order valence-corrected chi connectivity index (χ3v) is 7.95. The van der Waals surface area contributed by atoms with E-state index in [-0.39, 0.29) is 37.5 Å². The number of benzene rings is 1. The molecule has 1 aromatic carbocycles. The highest BCUT2D eigenvalue weighted by Crippen LogP contribution is 2.75. The maximum absolute atomic E-state index is 14.5. The molecule has 0 unspecified atom stereocenters. The molecule has 2 atom stereocenters. The van der Waals surface area contributed by atoms with Crippen LogP contribution in [0.3, 0.4) is 0 Å². The van der Waals surface area contributed by atoms with Gasteiger partial charge in [-0.15, -0.1) is 5.10 Å². The highest BCUT2D eigenvalue weighted by molar-refractivity contribution is 5.95. The highest BCUT2D eigenvalue weighted by Gasteiger charge is 2.86. The molecule has 0 radical (unpaired) electrons. The van der Waals surface area contributed by atoms with Gasteiger partial charge in [0.2, 0.25) is 5.89 Å². The number of likely N-dealkylation sites (tertiary alicyclic amines) is 1. The Morgan fingerprint density at radius 3 is 2.71 bits per heavy atom. The smallest absolute Gasteiger partial charge is 0.397 e. The number of hydrogen-bond acceptors (Lipinski definition) is 8. The number of alkyl halides is 3. The van der Waals surface area contributed by atoms with E-state index in [2.05, 4.69) is 38.5 Å². The summed E-state index contributed by atoms with van der Waals surface area (Å²) in [6.45, 7) is 1.75. The number of anilines is 2. The standard InChI is InChI=1S/C24H24F3N7O/c1-33-9-6-16(7-10-33)30-21-32-31-20(35-21)22-12-23(22,24(25,26)27)14-34(13-22)18-5-4-15(11-28)19-17(18)3-2-8-29-19/h2-5,8,16H,6-7,9-10,12-14H2,1H3,(H,30,32)/t22-,23-/m0/s1. The van der Waals surface area contributed by atoms with Gasteiger partial charge in [0.25, 0.3) is 0 Å². The number of rotatable bonds is 4. The first-order chi connectivity index (χ1) is 16.8. The number of fused-ring (bicyclic) bond motifs is 2. The molecule has 0 bridgehead atoms. The lowest BCUT2D eigenvalue weighted by Crippen LogP contribution is -2.36. The molecule has 182 valence electrons. The molecule has 11 heteroatoms. The summed E-state index contributed by atoms with van der Waals surface area (Å²) in [5.41, 5.74) is -1.78. The molecule has 2 aliphatic heterocycles. The van der Waals surface area contributed by atoms with Gasteiger partial charge in [0.15, 0.2) is 0 Å². The summed E-state index contributed by atoms with van der Waals surface area (Å²) in [4.78, 5) is 8.24. The first kappa shape index (κ1) is 22.1.